The van der Waals surface area contributed by atoms with E-state index in [-0.39, 0.29) is 6.61 Å². The fraction of sp³-hybridized carbons (Fsp3) is 1.00. The van der Waals surface area contributed by atoms with Crippen LogP contribution in [-0.4, -0.2) is 19.8 Å². The smallest absolute Gasteiger partial charge is 0.155 e. The predicted octanol–water partition coefficient (Wildman–Crippen LogP) is 3.06. The second-order valence-corrected chi connectivity index (χ2v) is 3.29. The van der Waals surface area contributed by atoms with Gasteiger partial charge in [-0.3, -0.25) is 0 Å². The molecule has 0 radical (unpaired) electrons. The second kappa shape index (κ2) is 12.4. The Morgan fingerprint density at radius 2 is 1.64 bits per heavy atom. The van der Waals surface area contributed by atoms with Gasteiger partial charge in [-0.25, -0.2) is 0 Å². The van der Waals surface area contributed by atoms with Gasteiger partial charge in [-0.05, 0) is 6.42 Å². The van der Waals surface area contributed by atoms with Crippen LogP contribution in [0.4, 0.5) is 0 Å². The van der Waals surface area contributed by atoms with E-state index in [4.69, 9.17) is 4.74 Å². The Kier molecular flexibility index (Phi) is 11.8. The molecule has 0 amide bonds. The van der Waals surface area contributed by atoms with Gasteiger partial charge in [-0.1, -0.05) is 39.0 Å². The van der Waals surface area contributed by atoms with Crippen LogP contribution >= 0.6 is 0 Å². The highest BCUT2D eigenvalue weighted by Crippen LogP contribution is 2.04. The molecule has 84 valence electrons. The van der Waals surface area contributed by atoms with Gasteiger partial charge >= 0.3 is 0 Å². The first-order valence-electron chi connectivity index (χ1n) is 5.44. The Morgan fingerprint density at radius 1 is 0.929 bits per heavy atom. The van der Waals surface area contributed by atoms with E-state index in [1.54, 1.807) is 0 Å². The summed E-state index contributed by atoms with van der Waals surface area (Å²) in [6.45, 7) is 3.69. The summed E-state index contributed by atoms with van der Waals surface area (Å²) < 4.78 is 5.22. The first-order chi connectivity index (χ1) is 6.91. The maximum absolute atomic E-state index is 9.51. The van der Waals surface area contributed by atoms with Gasteiger partial charge in [-0.15, -0.1) is 4.91 Å². The number of unbranched alkanes of at least 4 members (excludes halogenated alkanes) is 5. The topological polar surface area (TPSA) is 47.9 Å². The van der Waals surface area contributed by atoms with Crippen molar-refractivity contribution in [1.82, 2.24) is 0 Å². The van der Waals surface area contributed by atoms with Crippen molar-refractivity contribution in [3.63, 3.8) is 0 Å². The van der Waals surface area contributed by atoms with Gasteiger partial charge in [0, 0.05) is 6.61 Å². The van der Waals surface area contributed by atoms with Crippen LogP contribution in [0, 0.1) is 4.91 Å². The molecule has 0 fully saturated rings. The SMILES string of the molecule is CCCCCCCCOCCON=O. The predicted molar refractivity (Wildman–Crippen MR) is 55.9 cm³/mol. The van der Waals surface area contributed by atoms with Gasteiger partial charge < -0.3 is 9.57 Å². The molecule has 0 spiro atoms. The molecule has 14 heavy (non-hydrogen) atoms. The van der Waals surface area contributed by atoms with Crippen molar-refractivity contribution in [3.8, 4) is 0 Å². The Balaban J connectivity index is 2.81. The van der Waals surface area contributed by atoms with Crippen molar-refractivity contribution in [1.29, 1.82) is 0 Å². The molecule has 0 saturated carbocycles. The lowest BCUT2D eigenvalue weighted by Crippen LogP contribution is -2.02. The number of hydrogen-bond acceptors (Lipinski definition) is 4. The van der Waals surface area contributed by atoms with Gasteiger partial charge in [0.05, 0.1) is 6.61 Å². The summed E-state index contributed by atoms with van der Waals surface area (Å²) in [5.41, 5.74) is 0. The van der Waals surface area contributed by atoms with E-state index in [9.17, 15) is 4.91 Å². The minimum Gasteiger partial charge on any atom is -0.378 e. The quantitative estimate of drug-likeness (QED) is 0.294. The minimum atomic E-state index is 0.263. The molecule has 0 atom stereocenters. The molecule has 0 aromatic rings. The molecule has 0 rings (SSSR count). The average molecular weight is 203 g/mol. The summed E-state index contributed by atoms with van der Waals surface area (Å²) in [6, 6.07) is 0. The van der Waals surface area contributed by atoms with Crippen LogP contribution in [0.25, 0.3) is 0 Å². The molecule has 0 saturated heterocycles. The molecule has 0 N–H and O–H groups in total. The third-order valence-electron chi connectivity index (χ3n) is 2.01. The van der Waals surface area contributed by atoms with Crippen molar-refractivity contribution in [2.75, 3.05) is 19.8 Å². The molecule has 4 nitrogen and oxygen atoms in total. The summed E-state index contributed by atoms with van der Waals surface area (Å²) in [4.78, 5) is 13.8. The summed E-state index contributed by atoms with van der Waals surface area (Å²) >= 11 is 0. The van der Waals surface area contributed by atoms with Crippen molar-refractivity contribution >= 4 is 0 Å². The molecule has 0 aromatic carbocycles. The van der Waals surface area contributed by atoms with Crippen LogP contribution in [0.2, 0.25) is 0 Å². The standard InChI is InChI=1S/C10H21NO3/c1-2-3-4-5-6-7-8-13-9-10-14-11-12/h2-10H2,1H3. The molecule has 0 heterocycles. The maximum Gasteiger partial charge on any atom is 0.155 e. The molecule has 0 aliphatic carbocycles. The zero-order valence-electron chi connectivity index (χ0n) is 9.04. The van der Waals surface area contributed by atoms with E-state index in [0.717, 1.165) is 13.0 Å². The number of nitrogens with zero attached hydrogens (tertiary/aromatic N) is 1. The zero-order chi connectivity index (χ0) is 10.5. The van der Waals surface area contributed by atoms with Gasteiger partial charge in [-0.2, -0.15) is 0 Å². The van der Waals surface area contributed by atoms with Crippen LogP contribution < -0.4 is 0 Å². The van der Waals surface area contributed by atoms with E-state index in [1.807, 2.05) is 0 Å². The molecule has 4 heteroatoms. The summed E-state index contributed by atoms with van der Waals surface area (Å²) in [6.07, 6.45) is 7.57. The Hall–Kier alpha value is -0.640. The lowest BCUT2D eigenvalue weighted by atomic mass is 10.1. The second-order valence-electron chi connectivity index (χ2n) is 3.29. The van der Waals surface area contributed by atoms with E-state index < -0.39 is 0 Å². The monoisotopic (exact) mass is 203 g/mol. The Bertz CT molecular complexity index is 120. The maximum atomic E-state index is 9.51. The molecule has 0 bridgehead atoms. The van der Waals surface area contributed by atoms with Crippen molar-refractivity contribution in [2.24, 2.45) is 5.34 Å². The van der Waals surface area contributed by atoms with Gasteiger partial charge in [0.15, 0.2) is 5.34 Å². The largest absolute Gasteiger partial charge is 0.378 e. The third kappa shape index (κ3) is 11.4. The van der Waals surface area contributed by atoms with E-state index in [0.29, 0.717) is 6.61 Å². The minimum absolute atomic E-state index is 0.263. The third-order valence-corrected chi connectivity index (χ3v) is 2.01. The van der Waals surface area contributed by atoms with Gasteiger partial charge in [0.1, 0.15) is 6.61 Å². The molecule has 0 aliphatic heterocycles. The zero-order valence-corrected chi connectivity index (χ0v) is 9.04. The van der Waals surface area contributed by atoms with Crippen LogP contribution in [0.15, 0.2) is 5.34 Å². The fourth-order valence-corrected chi connectivity index (χ4v) is 1.22. The van der Waals surface area contributed by atoms with Crippen molar-refractivity contribution in [2.45, 2.75) is 45.4 Å². The first-order valence-corrected chi connectivity index (χ1v) is 5.44. The number of ether oxygens (including phenoxy) is 1. The lowest BCUT2D eigenvalue weighted by Gasteiger charge is -2.02. The Morgan fingerprint density at radius 3 is 2.36 bits per heavy atom. The van der Waals surface area contributed by atoms with Crippen LogP contribution in [0.1, 0.15) is 45.4 Å². The highest BCUT2D eigenvalue weighted by molar-refractivity contribution is 4.43. The average Bonchev–Trinajstić information content (AvgIpc) is 2.21. The van der Waals surface area contributed by atoms with Crippen molar-refractivity contribution < 1.29 is 9.57 Å². The summed E-state index contributed by atoms with van der Waals surface area (Å²) in [5, 5.41) is 2.27. The lowest BCUT2D eigenvalue weighted by molar-refractivity contribution is 0.0472. The van der Waals surface area contributed by atoms with E-state index in [2.05, 4.69) is 17.1 Å². The fourth-order valence-electron chi connectivity index (χ4n) is 1.22. The van der Waals surface area contributed by atoms with Crippen LogP contribution in [-0.2, 0) is 9.57 Å². The van der Waals surface area contributed by atoms with E-state index >= 15 is 0 Å². The molecular weight excluding hydrogens is 182 g/mol. The molecule has 0 unspecified atom stereocenters. The number of rotatable bonds is 11. The highest BCUT2D eigenvalue weighted by Gasteiger charge is 1.91. The molecule has 0 aromatic heterocycles. The van der Waals surface area contributed by atoms with Crippen LogP contribution in [0.3, 0.4) is 0 Å². The summed E-state index contributed by atoms with van der Waals surface area (Å²) in [5.74, 6) is 0. The number of hydrogen-bond donors (Lipinski definition) is 0. The first kappa shape index (κ1) is 13.4. The summed E-state index contributed by atoms with van der Waals surface area (Å²) in [7, 11) is 0. The highest BCUT2D eigenvalue weighted by atomic mass is 16.7. The van der Waals surface area contributed by atoms with Crippen molar-refractivity contribution in [3.05, 3.63) is 4.91 Å². The normalized spacial score (nSPS) is 10.1. The molecular formula is C10H21NO3. The van der Waals surface area contributed by atoms with Gasteiger partial charge in [0.25, 0.3) is 0 Å². The van der Waals surface area contributed by atoms with Crippen LogP contribution in [0.5, 0.6) is 0 Å². The molecule has 0 aliphatic rings. The van der Waals surface area contributed by atoms with E-state index in [1.165, 1.54) is 32.1 Å². The van der Waals surface area contributed by atoms with Gasteiger partial charge in [0.2, 0.25) is 0 Å². The Labute approximate surface area is 85.9 Å².